The molecule has 1 fully saturated rings. The number of rotatable bonds is 4. The molecule has 0 saturated carbocycles. The van der Waals surface area contributed by atoms with Crippen molar-refractivity contribution in [2.45, 2.75) is 12.8 Å². The highest BCUT2D eigenvalue weighted by Gasteiger charge is 2.20. The van der Waals surface area contributed by atoms with Crippen LogP contribution in [0.2, 0.25) is 5.02 Å². The van der Waals surface area contributed by atoms with Crippen LogP contribution in [0.25, 0.3) is 0 Å². The van der Waals surface area contributed by atoms with Crippen molar-refractivity contribution < 1.29 is 4.79 Å². The van der Waals surface area contributed by atoms with E-state index in [4.69, 9.17) is 29.6 Å². The van der Waals surface area contributed by atoms with E-state index in [-0.39, 0.29) is 5.91 Å². The van der Waals surface area contributed by atoms with Crippen molar-refractivity contribution in [3.8, 4) is 0 Å². The van der Waals surface area contributed by atoms with E-state index in [1.807, 2.05) is 29.0 Å². The minimum Gasteiger partial charge on any atom is -0.389 e. The summed E-state index contributed by atoms with van der Waals surface area (Å²) in [5.74, 6) is 0.138. The molecule has 6 heteroatoms. The molecule has 0 atom stereocenters. The van der Waals surface area contributed by atoms with Crippen molar-refractivity contribution in [2.75, 3.05) is 31.6 Å². The van der Waals surface area contributed by atoms with Gasteiger partial charge in [-0.15, -0.1) is 0 Å². The number of nitrogens with two attached hydrogens (primary N) is 1. The maximum absolute atomic E-state index is 12.1. The lowest BCUT2D eigenvalue weighted by molar-refractivity contribution is -0.128. The van der Waals surface area contributed by atoms with Gasteiger partial charge >= 0.3 is 0 Å². The van der Waals surface area contributed by atoms with Crippen LogP contribution in [0.3, 0.4) is 0 Å². The van der Waals surface area contributed by atoms with E-state index >= 15 is 0 Å². The minimum atomic E-state index is 0.138. The summed E-state index contributed by atoms with van der Waals surface area (Å²) in [6.07, 6.45) is 2.19. The Morgan fingerprint density at radius 2 is 2.10 bits per heavy atom. The third-order valence-electron chi connectivity index (χ3n) is 3.47. The van der Waals surface area contributed by atoms with E-state index in [0.29, 0.717) is 16.6 Å². The van der Waals surface area contributed by atoms with Gasteiger partial charge in [-0.25, -0.2) is 0 Å². The van der Waals surface area contributed by atoms with E-state index in [9.17, 15) is 4.79 Å². The Kier molecular flexibility index (Phi) is 4.83. The topological polar surface area (TPSA) is 49.6 Å². The Hall–Kier alpha value is -1.33. The van der Waals surface area contributed by atoms with E-state index in [1.54, 1.807) is 6.07 Å². The number of likely N-dealkylation sites (tertiary alicyclic amines) is 1. The van der Waals surface area contributed by atoms with Crippen molar-refractivity contribution in [1.82, 2.24) is 4.90 Å². The Balaban J connectivity index is 2.06. The second kappa shape index (κ2) is 6.41. The first-order valence-electron chi connectivity index (χ1n) is 6.57. The molecule has 1 aliphatic rings. The summed E-state index contributed by atoms with van der Waals surface area (Å²) >= 11 is 11.1. The normalized spacial score (nSPS) is 14.4. The predicted octanol–water partition coefficient (Wildman–Crippen LogP) is 2.03. The van der Waals surface area contributed by atoms with Crippen molar-refractivity contribution >= 4 is 40.4 Å². The maximum atomic E-state index is 12.1. The molecule has 4 nitrogen and oxygen atoms in total. The monoisotopic (exact) mass is 311 g/mol. The predicted molar refractivity (Wildman–Crippen MR) is 86.4 cm³/mol. The van der Waals surface area contributed by atoms with Gasteiger partial charge in [-0.1, -0.05) is 23.8 Å². The van der Waals surface area contributed by atoms with E-state index in [2.05, 4.69) is 0 Å². The van der Waals surface area contributed by atoms with E-state index in [1.165, 1.54) is 0 Å². The van der Waals surface area contributed by atoms with Crippen LogP contribution in [0.1, 0.15) is 18.4 Å². The van der Waals surface area contributed by atoms with Crippen molar-refractivity contribution in [3.05, 3.63) is 28.8 Å². The smallest absolute Gasteiger partial charge is 0.242 e. The summed E-state index contributed by atoms with van der Waals surface area (Å²) in [6.45, 7) is 2.05. The summed E-state index contributed by atoms with van der Waals surface area (Å²) in [5.41, 5.74) is 7.11. The molecule has 1 amide bonds. The second-order valence-corrected chi connectivity index (χ2v) is 5.82. The molecular formula is C14H18ClN3OS. The lowest BCUT2D eigenvalue weighted by Crippen LogP contribution is -2.37. The molecule has 20 heavy (non-hydrogen) atoms. The molecular weight excluding hydrogens is 294 g/mol. The molecule has 108 valence electrons. The third kappa shape index (κ3) is 3.41. The molecule has 0 aliphatic carbocycles. The molecule has 2 N–H and O–H groups in total. The van der Waals surface area contributed by atoms with Gasteiger partial charge in [0.1, 0.15) is 4.99 Å². The molecule has 0 radical (unpaired) electrons. The van der Waals surface area contributed by atoms with Gasteiger partial charge in [0.2, 0.25) is 5.91 Å². The Morgan fingerprint density at radius 3 is 2.65 bits per heavy atom. The molecule has 1 heterocycles. The number of carbonyl (C=O) groups is 1. The van der Waals surface area contributed by atoms with Crippen LogP contribution in [0.15, 0.2) is 18.2 Å². The average molecular weight is 312 g/mol. The van der Waals surface area contributed by atoms with Gasteiger partial charge in [-0.05, 0) is 31.0 Å². The summed E-state index contributed by atoms with van der Waals surface area (Å²) in [5, 5.41) is 0.548. The fourth-order valence-corrected chi connectivity index (χ4v) is 2.78. The first kappa shape index (κ1) is 15.1. The first-order valence-corrected chi connectivity index (χ1v) is 7.36. The van der Waals surface area contributed by atoms with Gasteiger partial charge in [0.05, 0.1) is 17.3 Å². The van der Waals surface area contributed by atoms with E-state index < -0.39 is 0 Å². The molecule has 1 aliphatic heterocycles. The molecule has 0 bridgehead atoms. The van der Waals surface area contributed by atoms with E-state index in [0.717, 1.165) is 37.2 Å². The van der Waals surface area contributed by atoms with Gasteiger partial charge in [0.25, 0.3) is 0 Å². The number of anilines is 1. The molecule has 1 saturated heterocycles. The number of hydrogen-bond donors (Lipinski definition) is 1. The lowest BCUT2D eigenvalue weighted by Gasteiger charge is -2.23. The number of benzene rings is 1. The zero-order chi connectivity index (χ0) is 14.7. The molecule has 1 aromatic carbocycles. The van der Waals surface area contributed by atoms with Gasteiger partial charge in [-0.3, -0.25) is 4.79 Å². The van der Waals surface area contributed by atoms with Crippen LogP contribution in [0.5, 0.6) is 0 Å². The summed E-state index contributed by atoms with van der Waals surface area (Å²) in [4.78, 5) is 16.2. The highest BCUT2D eigenvalue weighted by Crippen LogP contribution is 2.26. The quantitative estimate of drug-likeness (QED) is 0.865. The number of halogens is 1. The SMILES string of the molecule is CN(CC(=O)N1CCCC1)c1ccc(C(N)=S)cc1Cl. The first-order chi connectivity index (χ1) is 9.49. The minimum absolute atomic E-state index is 0.138. The van der Waals surface area contributed by atoms with Crippen molar-refractivity contribution in [3.63, 3.8) is 0 Å². The largest absolute Gasteiger partial charge is 0.389 e. The highest BCUT2D eigenvalue weighted by molar-refractivity contribution is 7.80. The van der Waals surface area contributed by atoms with Crippen LogP contribution in [0.4, 0.5) is 5.69 Å². The number of hydrogen-bond acceptors (Lipinski definition) is 3. The fourth-order valence-electron chi connectivity index (χ4n) is 2.32. The summed E-state index contributed by atoms with van der Waals surface area (Å²) < 4.78 is 0. The number of nitrogens with zero attached hydrogens (tertiary/aromatic N) is 2. The van der Waals surface area contributed by atoms with Gasteiger partial charge in [0, 0.05) is 25.7 Å². The molecule has 0 unspecified atom stereocenters. The Bertz CT molecular complexity index is 529. The Labute approximate surface area is 129 Å². The van der Waals surface area contributed by atoms with Crippen LogP contribution in [-0.4, -0.2) is 42.5 Å². The summed E-state index contributed by atoms with van der Waals surface area (Å²) in [7, 11) is 1.86. The van der Waals surface area contributed by atoms with Crippen LogP contribution in [0, 0.1) is 0 Å². The maximum Gasteiger partial charge on any atom is 0.242 e. The second-order valence-electron chi connectivity index (χ2n) is 4.97. The average Bonchev–Trinajstić information content (AvgIpc) is 2.92. The third-order valence-corrected chi connectivity index (χ3v) is 4.01. The fraction of sp³-hybridized carbons (Fsp3) is 0.429. The zero-order valence-electron chi connectivity index (χ0n) is 11.4. The van der Waals surface area contributed by atoms with Gasteiger partial charge < -0.3 is 15.5 Å². The summed E-state index contributed by atoms with van der Waals surface area (Å²) in [6, 6.07) is 5.39. The van der Waals surface area contributed by atoms with Gasteiger partial charge in [0.15, 0.2) is 0 Å². The molecule has 0 aromatic heterocycles. The molecule has 1 aromatic rings. The van der Waals surface area contributed by atoms with Crippen LogP contribution < -0.4 is 10.6 Å². The number of amides is 1. The molecule has 0 spiro atoms. The van der Waals surface area contributed by atoms with Crippen molar-refractivity contribution in [2.24, 2.45) is 5.73 Å². The lowest BCUT2D eigenvalue weighted by atomic mass is 10.2. The van der Waals surface area contributed by atoms with Crippen molar-refractivity contribution in [1.29, 1.82) is 0 Å². The molecule has 2 rings (SSSR count). The van der Waals surface area contributed by atoms with Crippen LogP contribution in [-0.2, 0) is 4.79 Å². The zero-order valence-corrected chi connectivity index (χ0v) is 13.0. The van der Waals surface area contributed by atoms with Crippen LogP contribution >= 0.6 is 23.8 Å². The number of carbonyl (C=O) groups excluding carboxylic acids is 1. The van der Waals surface area contributed by atoms with Gasteiger partial charge in [-0.2, -0.15) is 0 Å². The number of likely N-dealkylation sites (N-methyl/N-ethyl adjacent to an activating group) is 1. The number of thiocarbonyl (C=S) groups is 1. The highest BCUT2D eigenvalue weighted by atomic mass is 35.5. The standard InChI is InChI=1S/C14H18ClN3OS/c1-17(9-13(19)18-6-2-3-7-18)12-5-4-10(14(16)20)8-11(12)15/h4-5,8H,2-3,6-7,9H2,1H3,(H2,16,20). The Morgan fingerprint density at radius 1 is 1.45 bits per heavy atom.